The summed E-state index contributed by atoms with van der Waals surface area (Å²) in [6.07, 6.45) is 3.21. The number of halogens is 1. The maximum Gasteiger partial charge on any atom is 0.108 e. The molecule has 1 aromatic rings. The molecule has 78 valence electrons. The molecule has 3 nitrogen and oxygen atoms in total. The molecule has 14 heavy (non-hydrogen) atoms. The average Bonchev–Trinajstić information content (AvgIpc) is 2.43. The molecule has 0 amide bonds. The second-order valence-electron chi connectivity index (χ2n) is 3.44. The van der Waals surface area contributed by atoms with Crippen molar-refractivity contribution in [1.82, 2.24) is 15.2 Å². The molecule has 0 bridgehead atoms. The van der Waals surface area contributed by atoms with E-state index in [9.17, 15) is 0 Å². The predicted molar refractivity (Wildman–Crippen MR) is 67.6 cm³/mol. The normalized spacial score (nSPS) is 19.5. The smallest absolute Gasteiger partial charge is 0.108 e. The van der Waals surface area contributed by atoms with Gasteiger partial charge in [0.05, 0.1) is 15.6 Å². The highest BCUT2D eigenvalue weighted by molar-refractivity contribution is 14.1. The van der Waals surface area contributed by atoms with Crippen molar-refractivity contribution in [2.75, 3.05) is 26.2 Å². The lowest BCUT2D eigenvalue weighted by Crippen LogP contribution is -2.27. The molecule has 0 saturated carbocycles. The topological polar surface area (TPSA) is 28.2 Å². The third-order valence-corrected chi connectivity index (χ3v) is 4.03. The van der Waals surface area contributed by atoms with Crippen LogP contribution in [0.1, 0.15) is 11.4 Å². The quantitative estimate of drug-likeness (QED) is 0.837. The molecule has 0 spiro atoms. The van der Waals surface area contributed by atoms with E-state index < -0.39 is 0 Å². The van der Waals surface area contributed by atoms with Gasteiger partial charge in [-0.2, -0.15) is 0 Å². The standard InChI is InChI=1S/C9H14IN3S/c10-8-6-12-9(14-8)7-13-4-1-2-11-3-5-13/h6,11H,1-5,7H2. The Morgan fingerprint density at radius 1 is 1.50 bits per heavy atom. The van der Waals surface area contributed by atoms with Gasteiger partial charge in [0.2, 0.25) is 0 Å². The third-order valence-electron chi connectivity index (χ3n) is 2.32. The van der Waals surface area contributed by atoms with E-state index in [1.807, 2.05) is 6.20 Å². The van der Waals surface area contributed by atoms with Crippen LogP contribution in [0.2, 0.25) is 0 Å². The van der Waals surface area contributed by atoms with Gasteiger partial charge in [-0.3, -0.25) is 4.90 Å². The first-order valence-electron chi connectivity index (χ1n) is 4.88. The van der Waals surface area contributed by atoms with Crippen LogP contribution in [-0.2, 0) is 6.54 Å². The van der Waals surface area contributed by atoms with E-state index in [1.165, 1.54) is 20.9 Å². The van der Waals surface area contributed by atoms with Gasteiger partial charge in [0.1, 0.15) is 5.01 Å². The van der Waals surface area contributed by atoms with Gasteiger partial charge >= 0.3 is 0 Å². The number of thiazole rings is 1. The largest absolute Gasteiger partial charge is 0.315 e. The van der Waals surface area contributed by atoms with Crippen molar-refractivity contribution in [3.63, 3.8) is 0 Å². The van der Waals surface area contributed by atoms with E-state index in [1.54, 1.807) is 11.3 Å². The monoisotopic (exact) mass is 323 g/mol. The molecule has 1 saturated heterocycles. The van der Waals surface area contributed by atoms with Crippen LogP contribution in [0, 0.1) is 2.88 Å². The summed E-state index contributed by atoms with van der Waals surface area (Å²) in [5, 5.41) is 4.65. The molecule has 5 heteroatoms. The van der Waals surface area contributed by atoms with Crippen LogP contribution >= 0.6 is 33.9 Å². The molecule has 0 radical (unpaired) electrons. The minimum absolute atomic E-state index is 1.02. The fraction of sp³-hybridized carbons (Fsp3) is 0.667. The van der Waals surface area contributed by atoms with Crippen LogP contribution in [-0.4, -0.2) is 36.1 Å². The highest BCUT2D eigenvalue weighted by Gasteiger charge is 2.10. The van der Waals surface area contributed by atoms with Crippen molar-refractivity contribution < 1.29 is 0 Å². The fourth-order valence-corrected chi connectivity index (χ4v) is 3.20. The van der Waals surface area contributed by atoms with Crippen LogP contribution in [0.3, 0.4) is 0 Å². The number of nitrogens with zero attached hydrogens (tertiary/aromatic N) is 2. The van der Waals surface area contributed by atoms with Gasteiger partial charge in [-0.15, -0.1) is 11.3 Å². The molecule has 1 aromatic heterocycles. The first kappa shape index (κ1) is 10.8. The summed E-state index contributed by atoms with van der Waals surface area (Å²) < 4.78 is 1.28. The Bertz CT molecular complexity index is 281. The van der Waals surface area contributed by atoms with Crippen molar-refractivity contribution in [2.45, 2.75) is 13.0 Å². The van der Waals surface area contributed by atoms with Gasteiger partial charge < -0.3 is 5.32 Å². The highest BCUT2D eigenvalue weighted by atomic mass is 127. The van der Waals surface area contributed by atoms with Crippen LogP contribution in [0.25, 0.3) is 0 Å². The number of aromatic nitrogens is 1. The number of hydrogen-bond acceptors (Lipinski definition) is 4. The van der Waals surface area contributed by atoms with Gasteiger partial charge in [0.15, 0.2) is 0 Å². The number of hydrogen-bond donors (Lipinski definition) is 1. The zero-order chi connectivity index (χ0) is 9.80. The molecular formula is C9H14IN3S. The Hall–Kier alpha value is 0.280. The molecule has 0 aromatic carbocycles. The second kappa shape index (κ2) is 5.39. The summed E-state index contributed by atoms with van der Waals surface area (Å²) in [4.78, 5) is 6.87. The Morgan fingerprint density at radius 3 is 3.21 bits per heavy atom. The van der Waals surface area contributed by atoms with Crippen molar-refractivity contribution in [3.05, 3.63) is 14.1 Å². The third kappa shape index (κ3) is 3.15. The lowest BCUT2D eigenvalue weighted by Gasteiger charge is -2.17. The fourth-order valence-electron chi connectivity index (χ4n) is 1.61. The summed E-state index contributed by atoms with van der Waals surface area (Å²) >= 11 is 4.13. The van der Waals surface area contributed by atoms with Crippen LogP contribution in [0.15, 0.2) is 6.20 Å². The number of rotatable bonds is 2. The number of nitrogens with one attached hydrogen (secondary N) is 1. The first-order chi connectivity index (χ1) is 6.84. The second-order valence-corrected chi connectivity index (χ2v) is 6.45. The Labute approximate surface area is 102 Å². The molecule has 1 fully saturated rings. The summed E-state index contributed by atoms with van der Waals surface area (Å²) in [7, 11) is 0. The molecule has 0 aliphatic carbocycles. The zero-order valence-electron chi connectivity index (χ0n) is 8.00. The molecule has 1 aliphatic heterocycles. The van der Waals surface area contributed by atoms with Crippen molar-refractivity contribution in [2.24, 2.45) is 0 Å². The van der Waals surface area contributed by atoms with Gasteiger partial charge in [-0.25, -0.2) is 4.98 Å². The zero-order valence-corrected chi connectivity index (χ0v) is 11.0. The summed E-state index contributed by atoms with van der Waals surface area (Å²) in [6.45, 7) is 5.64. The van der Waals surface area contributed by atoms with Gasteiger partial charge in [-0.1, -0.05) is 0 Å². The molecule has 0 unspecified atom stereocenters. The van der Waals surface area contributed by atoms with Gasteiger partial charge in [-0.05, 0) is 42.1 Å². The van der Waals surface area contributed by atoms with E-state index in [0.29, 0.717) is 0 Å². The van der Waals surface area contributed by atoms with Crippen molar-refractivity contribution in [3.8, 4) is 0 Å². The first-order valence-corrected chi connectivity index (χ1v) is 6.77. The lowest BCUT2D eigenvalue weighted by atomic mass is 10.4. The Kier molecular flexibility index (Phi) is 4.15. The van der Waals surface area contributed by atoms with Crippen LogP contribution in [0.5, 0.6) is 0 Å². The van der Waals surface area contributed by atoms with Crippen molar-refractivity contribution in [1.29, 1.82) is 0 Å². The van der Waals surface area contributed by atoms with E-state index in [-0.39, 0.29) is 0 Å². The van der Waals surface area contributed by atoms with E-state index >= 15 is 0 Å². The minimum Gasteiger partial charge on any atom is -0.315 e. The van der Waals surface area contributed by atoms with Gasteiger partial charge in [0.25, 0.3) is 0 Å². The predicted octanol–water partition coefficient (Wildman–Crippen LogP) is 1.54. The Balaban J connectivity index is 1.89. The van der Waals surface area contributed by atoms with E-state index in [0.717, 1.165) is 26.2 Å². The maximum atomic E-state index is 4.39. The van der Waals surface area contributed by atoms with Gasteiger partial charge in [0, 0.05) is 13.1 Å². The summed E-state index contributed by atoms with van der Waals surface area (Å²) in [6, 6.07) is 0. The maximum absolute atomic E-state index is 4.39. The SMILES string of the molecule is Ic1cnc(CN2CCCNCC2)s1. The Morgan fingerprint density at radius 2 is 2.43 bits per heavy atom. The molecule has 2 heterocycles. The molecule has 0 atom stereocenters. The lowest BCUT2D eigenvalue weighted by molar-refractivity contribution is 0.284. The van der Waals surface area contributed by atoms with Crippen LogP contribution in [0.4, 0.5) is 0 Å². The van der Waals surface area contributed by atoms with E-state index in [4.69, 9.17) is 0 Å². The summed E-state index contributed by atoms with van der Waals surface area (Å²) in [5.74, 6) is 0. The van der Waals surface area contributed by atoms with Crippen LogP contribution < -0.4 is 5.32 Å². The van der Waals surface area contributed by atoms with Crippen molar-refractivity contribution >= 4 is 33.9 Å². The molecule has 2 rings (SSSR count). The highest BCUT2D eigenvalue weighted by Crippen LogP contribution is 2.16. The average molecular weight is 323 g/mol. The minimum atomic E-state index is 1.02. The molecular weight excluding hydrogens is 309 g/mol. The molecule has 1 N–H and O–H groups in total. The van der Waals surface area contributed by atoms with E-state index in [2.05, 4.69) is 37.8 Å². The molecule has 1 aliphatic rings. The summed E-state index contributed by atoms with van der Waals surface area (Å²) in [5.41, 5.74) is 0.